The summed E-state index contributed by atoms with van der Waals surface area (Å²) >= 11 is 0. The molecule has 0 saturated heterocycles. The van der Waals surface area contributed by atoms with E-state index in [0.717, 1.165) is 24.3 Å². The first-order valence-electron chi connectivity index (χ1n) is 5.51. The fourth-order valence-corrected chi connectivity index (χ4v) is 2.48. The van der Waals surface area contributed by atoms with Crippen molar-refractivity contribution in [3.63, 3.8) is 0 Å². The fraction of sp³-hybridized carbons (Fsp3) is 0. The Hall–Kier alpha value is -1.84. The molecule has 0 fully saturated rings. The summed E-state index contributed by atoms with van der Waals surface area (Å²) in [4.78, 5) is -1.17. The smallest absolute Gasteiger partial charge is 0.744 e. The number of aromatic hydroxyl groups is 2. The first-order valence-corrected chi connectivity index (χ1v) is 8.33. The van der Waals surface area contributed by atoms with E-state index in [9.17, 15) is 25.9 Å². The Kier molecular flexibility index (Phi) is 41.9. The molecule has 19 heteroatoms. The normalized spacial score (nSPS) is 8.06. The van der Waals surface area contributed by atoms with Crippen LogP contribution < -0.4 is 0 Å². The van der Waals surface area contributed by atoms with E-state index >= 15 is 0 Å². The largest absolute Gasteiger partial charge is 2.00 e. The monoisotopic (exact) mass is 554 g/mol. The Morgan fingerprint density at radius 1 is 0.516 bits per heavy atom. The molecule has 16 nitrogen and oxygen atoms in total. The molecule has 2 rings (SSSR count). The summed E-state index contributed by atoms with van der Waals surface area (Å²) < 4.78 is 62.0. The van der Waals surface area contributed by atoms with Gasteiger partial charge >= 0.3 is 19.5 Å². The molecule has 0 aliphatic heterocycles. The minimum absolute atomic E-state index is 0. The van der Waals surface area contributed by atoms with Crippen LogP contribution in [0.2, 0.25) is 0 Å². The van der Waals surface area contributed by atoms with Crippen molar-refractivity contribution in [1.82, 2.24) is 0 Å². The fourth-order valence-electron chi connectivity index (χ4n) is 1.34. The molecule has 0 aromatic heterocycles. The van der Waals surface area contributed by atoms with Gasteiger partial charge in [0.2, 0.25) is 0 Å². The third kappa shape index (κ3) is 18.6. The minimum Gasteiger partial charge on any atom is -0.744 e. The van der Waals surface area contributed by atoms with Crippen molar-refractivity contribution >= 4 is 20.2 Å². The molecule has 0 radical (unpaired) electrons. The van der Waals surface area contributed by atoms with Crippen LogP contribution in [-0.4, -0.2) is 80.0 Å². The van der Waals surface area contributed by atoms with Gasteiger partial charge < -0.3 is 63.1 Å². The number of benzene rings is 2. The van der Waals surface area contributed by atoms with E-state index in [0.29, 0.717) is 0 Å². The molecular formula is C12H26O16S2Zn. The molecule has 31 heavy (non-hydrogen) atoms. The Morgan fingerprint density at radius 3 is 0.839 bits per heavy atom. The van der Waals surface area contributed by atoms with Gasteiger partial charge in [0, 0.05) is 0 Å². The third-order valence-electron chi connectivity index (χ3n) is 2.27. The second-order valence-corrected chi connectivity index (χ2v) is 6.54. The van der Waals surface area contributed by atoms with E-state index < -0.39 is 41.5 Å². The molecule has 184 valence electrons. The van der Waals surface area contributed by atoms with Gasteiger partial charge in [-0.05, 0) is 24.3 Å². The van der Waals surface area contributed by atoms with Crippen LogP contribution in [0.1, 0.15) is 0 Å². The van der Waals surface area contributed by atoms with Gasteiger partial charge in [-0.2, -0.15) is 0 Å². The molecule has 0 amide bonds. The molecule has 0 aliphatic carbocycles. The zero-order valence-electron chi connectivity index (χ0n) is 15.5. The van der Waals surface area contributed by atoms with Gasteiger partial charge in [0.1, 0.15) is 31.7 Å². The summed E-state index contributed by atoms with van der Waals surface area (Å²) in [5.74, 6) is -1.02. The molecule has 0 bridgehead atoms. The van der Waals surface area contributed by atoms with Crippen molar-refractivity contribution in [1.29, 1.82) is 0 Å². The maximum atomic E-state index is 10.3. The summed E-state index contributed by atoms with van der Waals surface area (Å²) in [7, 11) is -9.07. The number of phenolic OH excluding ortho intramolecular Hbond substituents is 2. The van der Waals surface area contributed by atoms with E-state index in [-0.39, 0.29) is 63.3 Å². The summed E-state index contributed by atoms with van der Waals surface area (Å²) in [6.07, 6.45) is 0. The van der Waals surface area contributed by atoms with Crippen molar-refractivity contribution < 1.29 is 99.4 Å². The van der Waals surface area contributed by atoms with E-state index in [2.05, 4.69) is 0 Å². The quantitative estimate of drug-likeness (QED) is 0.264. The molecule has 0 atom stereocenters. The Morgan fingerprint density at radius 2 is 0.710 bits per heavy atom. The van der Waals surface area contributed by atoms with Crippen LogP contribution in [0.4, 0.5) is 0 Å². The van der Waals surface area contributed by atoms with E-state index in [1.54, 1.807) is 0 Å². The molecule has 0 unspecified atom stereocenters. The van der Waals surface area contributed by atoms with Crippen LogP contribution in [0.3, 0.4) is 0 Å². The minimum atomic E-state index is -4.53. The molecule has 0 spiro atoms. The number of para-hydroxylation sites is 2. The zero-order chi connectivity index (χ0) is 17.0. The van der Waals surface area contributed by atoms with Crippen LogP contribution in [0, 0.1) is 0 Å². The predicted molar refractivity (Wildman–Crippen MR) is 101 cm³/mol. The molecule has 18 N–H and O–H groups in total. The van der Waals surface area contributed by atoms with Gasteiger partial charge in [-0.3, -0.25) is 0 Å². The van der Waals surface area contributed by atoms with Crippen molar-refractivity contribution in [2.75, 3.05) is 0 Å². The Labute approximate surface area is 189 Å². The predicted octanol–water partition coefficient (Wildman–Crippen LogP) is -6.01. The molecule has 0 aliphatic rings. The summed E-state index contributed by atoms with van der Waals surface area (Å²) in [6, 6.07) is 9.99. The third-order valence-corrected chi connectivity index (χ3v) is 4.04. The number of rotatable bonds is 2. The first-order chi connectivity index (χ1) is 10.0. The van der Waals surface area contributed by atoms with Crippen molar-refractivity contribution in [3.8, 4) is 11.5 Å². The summed E-state index contributed by atoms with van der Waals surface area (Å²) in [6.45, 7) is 0. The van der Waals surface area contributed by atoms with E-state index in [1.165, 1.54) is 24.3 Å². The van der Waals surface area contributed by atoms with Crippen molar-refractivity contribution in [3.05, 3.63) is 48.5 Å². The molecule has 0 heterocycles. The number of hydrogen-bond acceptors (Lipinski definition) is 8. The summed E-state index contributed by atoms with van der Waals surface area (Å²) in [5.41, 5.74) is 0. The van der Waals surface area contributed by atoms with Gasteiger partial charge in [-0.1, -0.05) is 24.3 Å². The van der Waals surface area contributed by atoms with Gasteiger partial charge in [0.25, 0.3) is 0 Å². The molecular weight excluding hydrogens is 530 g/mol. The maximum absolute atomic E-state index is 10.3. The van der Waals surface area contributed by atoms with Gasteiger partial charge in [-0.25, -0.2) is 16.8 Å². The van der Waals surface area contributed by atoms with Crippen molar-refractivity contribution in [2.45, 2.75) is 9.79 Å². The van der Waals surface area contributed by atoms with Crippen LogP contribution in [-0.2, 0) is 39.7 Å². The summed E-state index contributed by atoms with van der Waals surface area (Å²) in [5, 5.41) is 17.7. The van der Waals surface area contributed by atoms with Gasteiger partial charge in [0.05, 0.1) is 9.79 Å². The average molecular weight is 556 g/mol. The standard InChI is InChI=1S/2C6H6O4S.8H2O.Zn/c2*7-5-3-1-2-4-6(5)11(8,9)10;;;;;;;;;/h2*1-4,7H,(H,8,9,10);8*1H2;/q;;;;;;;;;;+2/p-2. The van der Waals surface area contributed by atoms with Gasteiger partial charge in [-0.15, -0.1) is 0 Å². The van der Waals surface area contributed by atoms with E-state index in [1.807, 2.05) is 0 Å². The average Bonchev–Trinajstić information content (AvgIpc) is 2.37. The first kappa shape index (κ1) is 56.9. The zero-order valence-corrected chi connectivity index (χ0v) is 20.1. The van der Waals surface area contributed by atoms with Crippen LogP contribution >= 0.6 is 0 Å². The SMILES string of the molecule is O.O.O.O.O.O.O.O.O=S(=O)([O-])c1ccccc1O.O=S(=O)([O-])c1ccccc1O.[Zn+2]. The van der Waals surface area contributed by atoms with Gasteiger partial charge in [0.15, 0.2) is 0 Å². The second kappa shape index (κ2) is 22.8. The Balaban J connectivity index is -0.0000000346. The Bertz CT molecular complexity index is 798. The van der Waals surface area contributed by atoms with Crippen LogP contribution in [0.15, 0.2) is 58.3 Å². The molecule has 2 aromatic carbocycles. The molecule has 2 aromatic rings. The van der Waals surface area contributed by atoms with E-state index in [4.69, 9.17) is 10.2 Å². The van der Waals surface area contributed by atoms with Crippen molar-refractivity contribution in [2.24, 2.45) is 0 Å². The van der Waals surface area contributed by atoms with Crippen LogP contribution in [0.25, 0.3) is 0 Å². The molecule has 0 saturated carbocycles. The second-order valence-electron chi connectivity index (χ2n) is 3.84. The maximum Gasteiger partial charge on any atom is 2.00 e. The van der Waals surface area contributed by atoms with Crippen LogP contribution in [0.5, 0.6) is 11.5 Å². The topological polar surface area (TPSA) is 407 Å². The number of hydrogen-bond donors (Lipinski definition) is 2. The number of phenols is 2.